The van der Waals surface area contributed by atoms with E-state index in [1.165, 1.54) is 18.5 Å². The van der Waals surface area contributed by atoms with Gasteiger partial charge in [-0.25, -0.2) is 19.3 Å². The zero-order valence-electron chi connectivity index (χ0n) is 13.2. The molecule has 4 aromatic rings. The summed E-state index contributed by atoms with van der Waals surface area (Å²) in [5, 5.41) is 3.21. The van der Waals surface area contributed by atoms with E-state index in [0.29, 0.717) is 29.2 Å². The summed E-state index contributed by atoms with van der Waals surface area (Å²) in [6.45, 7) is 0.475. The predicted molar refractivity (Wildman–Crippen MR) is 95.0 cm³/mol. The van der Waals surface area contributed by atoms with Crippen LogP contribution in [0.2, 0.25) is 0 Å². The Morgan fingerprint density at radius 3 is 2.76 bits per heavy atom. The maximum absolute atomic E-state index is 13.4. The topological polar surface area (TPSA) is 81.7 Å². The summed E-state index contributed by atoms with van der Waals surface area (Å²) < 4.78 is 15.2. The molecule has 7 heteroatoms. The number of halogens is 1. The number of imidazole rings is 1. The Labute approximate surface area is 143 Å². The molecule has 0 aliphatic heterocycles. The average Bonchev–Trinajstić information content (AvgIpc) is 2.99. The molecule has 0 saturated heterocycles. The van der Waals surface area contributed by atoms with Crippen molar-refractivity contribution < 1.29 is 4.39 Å². The normalized spacial score (nSPS) is 10.9. The Morgan fingerprint density at radius 1 is 1.04 bits per heavy atom. The van der Waals surface area contributed by atoms with Crippen LogP contribution < -0.4 is 11.1 Å². The van der Waals surface area contributed by atoms with E-state index in [2.05, 4.69) is 20.3 Å². The van der Waals surface area contributed by atoms with Crippen LogP contribution in [-0.4, -0.2) is 19.5 Å². The Hall–Kier alpha value is -3.48. The van der Waals surface area contributed by atoms with Crippen LogP contribution in [0.25, 0.3) is 11.2 Å². The van der Waals surface area contributed by atoms with Crippen molar-refractivity contribution in [1.82, 2.24) is 19.5 Å². The van der Waals surface area contributed by atoms with Crippen LogP contribution in [0, 0.1) is 5.82 Å². The van der Waals surface area contributed by atoms with Crippen LogP contribution >= 0.6 is 0 Å². The first kappa shape index (κ1) is 15.1. The molecule has 0 aliphatic carbocycles. The zero-order valence-corrected chi connectivity index (χ0v) is 13.2. The highest BCUT2D eigenvalue weighted by Gasteiger charge is 2.11. The standard InChI is InChI=1S/C18H15FN6/c19-13-4-1-3-12(7-13)9-25-11-23-16-17(21-10-22-18(16)25)24-15-6-2-5-14(20)8-15/h1-8,10-11H,9,20H2,(H,21,22,24). The monoisotopic (exact) mass is 334 g/mol. The second kappa shape index (κ2) is 6.20. The van der Waals surface area contributed by atoms with Crippen LogP contribution in [0.1, 0.15) is 5.56 Å². The SMILES string of the molecule is Nc1cccc(Nc2ncnc3c2ncn3Cc2cccc(F)c2)c1. The van der Waals surface area contributed by atoms with Gasteiger partial charge in [0.15, 0.2) is 17.0 Å². The smallest absolute Gasteiger partial charge is 0.165 e. The predicted octanol–water partition coefficient (Wildman–Crippen LogP) is 3.34. The molecule has 3 N–H and O–H groups in total. The molecule has 2 aromatic carbocycles. The van der Waals surface area contributed by atoms with E-state index < -0.39 is 0 Å². The van der Waals surface area contributed by atoms with Crippen LogP contribution in [0.3, 0.4) is 0 Å². The highest BCUT2D eigenvalue weighted by molar-refractivity contribution is 5.85. The number of nitrogens with two attached hydrogens (primary N) is 1. The zero-order chi connectivity index (χ0) is 17.2. The highest BCUT2D eigenvalue weighted by atomic mass is 19.1. The third kappa shape index (κ3) is 3.12. The van der Waals surface area contributed by atoms with E-state index in [9.17, 15) is 4.39 Å². The fraction of sp³-hybridized carbons (Fsp3) is 0.0556. The van der Waals surface area contributed by atoms with Gasteiger partial charge in [0.1, 0.15) is 12.1 Å². The summed E-state index contributed by atoms with van der Waals surface area (Å²) in [7, 11) is 0. The molecule has 0 spiro atoms. The molecule has 0 atom stereocenters. The molecule has 0 aliphatic rings. The number of fused-ring (bicyclic) bond motifs is 1. The third-order valence-electron chi connectivity index (χ3n) is 3.79. The first-order chi connectivity index (χ1) is 12.2. The summed E-state index contributed by atoms with van der Waals surface area (Å²) in [6.07, 6.45) is 3.15. The van der Waals surface area contributed by atoms with Crippen LogP contribution in [0.15, 0.2) is 61.2 Å². The Balaban J connectivity index is 1.68. The number of nitrogens with one attached hydrogen (secondary N) is 1. The quantitative estimate of drug-likeness (QED) is 0.559. The lowest BCUT2D eigenvalue weighted by molar-refractivity contribution is 0.624. The Morgan fingerprint density at radius 2 is 1.92 bits per heavy atom. The minimum absolute atomic E-state index is 0.263. The number of benzene rings is 2. The summed E-state index contributed by atoms with van der Waals surface area (Å²) in [5.74, 6) is 0.328. The van der Waals surface area contributed by atoms with Gasteiger partial charge in [-0.05, 0) is 35.9 Å². The molecular weight excluding hydrogens is 319 g/mol. The van der Waals surface area contributed by atoms with Gasteiger partial charge < -0.3 is 15.6 Å². The fourth-order valence-electron chi connectivity index (χ4n) is 2.67. The van der Waals surface area contributed by atoms with Crippen molar-refractivity contribution in [3.05, 3.63) is 72.6 Å². The molecule has 25 heavy (non-hydrogen) atoms. The number of anilines is 3. The first-order valence-electron chi connectivity index (χ1n) is 7.72. The lowest BCUT2D eigenvalue weighted by Gasteiger charge is -2.07. The Bertz CT molecular complexity index is 1040. The minimum atomic E-state index is -0.263. The average molecular weight is 334 g/mol. The molecule has 0 bridgehead atoms. The molecule has 0 amide bonds. The van der Waals surface area contributed by atoms with Crippen molar-refractivity contribution in [2.75, 3.05) is 11.1 Å². The molecule has 0 fully saturated rings. The summed E-state index contributed by atoms with van der Waals surface area (Å²) in [5.41, 5.74) is 9.43. The molecule has 6 nitrogen and oxygen atoms in total. The van der Waals surface area contributed by atoms with Gasteiger partial charge in [-0.3, -0.25) is 0 Å². The van der Waals surface area contributed by atoms with Gasteiger partial charge in [-0.15, -0.1) is 0 Å². The number of aromatic nitrogens is 4. The van der Waals surface area contributed by atoms with Crippen molar-refractivity contribution in [2.45, 2.75) is 6.54 Å². The molecule has 0 saturated carbocycles. The maximum Gasteiger partial charge on any atom is 0.165 e. The van der Waals surface area contributed by atoms with Crippen molar-refractivity contribution in [3.63, 3.8) is 0 Å². The van der Waals surface area contributed by atoms with E-state index in [1.807, 2.05) is 34.9 Å². The molecule has 4 rings (SSSR count). The maximum atomic E-state index is 13.4. The van der Waals surface area contributed by atoms with Gasteiger partial charge in [0.05, 0.1) is 12.9 Å². The second-order valence-electron chi connectivity index (χ2n) is 5.65. The first-order valence-corrected chi connectivity index (χ1v) is 7.72. The lowest BCUT2D eigenvalue weighted by atomic mass is 10.2. The summed E-state index contributed by atoms with van der Waals surface area (Å²) in [4.78, 5) is 13.0. The minimum Gasteiger partial charge on any atom is -0.399 e. The lowest BCUT2D eigenvalue weighted by Crippen LogP contribution is -2.01. The number of nitrogen functional groups attached to an aromatic ring is 1. The van der Waals surface area contributed by atoms with Gasteiger partial charge in [0, 0.05) is 11.4 Å². The van der Waals surface area contributed by atoms with Crippen LogP contribution in [-0.2, 0) is 6.54 Å². The van der Waals surface area contributed by atoms with E-state index >= 15 is 0 Å². The van der Waals surface area contributed by atoms with Crippen LogP contribution in [0.4, 0.5) is 21.6 Å². The number of rotatable bonds is 4. The van der Waals surface area contributed by atoms with E-state index in [4.69, 9.17) is 5.73 Å². The fourth-order valence-corrected chi connectivity index (χ4v) is 2.67. The molecule has 124 valence electrons. The largest absolute Gasteiger partial charge is 0.399 e. The van der Waals surface area contributed by atoms with Gasteiger partial charge in [-0.1, -0.05) is 18.2 Å². The van der Waals surface area contributed by atoms with Crippen molar-refractivity contribution in [1.29, 1.82) is 0 Å². The highest BCUT2D eigenvalue weighted by Crippen LogP contribution is 2.23. The summed E-state index contributed by atoms with van der Waals surface area (Å²) >= 11 is 0. The summed E-state index contributed by atoms with van der Waals surface area (Å²) in [6, 6.07) is 13.9. The van der Waals surface area contributed by atoms with E-state index in [1.54, 1.807) is 12.4 Å². The molecule has 0 unspecified atom stereocenters. The van der Waals surface area contributed by atoms with Gasteiger partial charge in [0.2, 0.25) is 0 Å². The van der Waals surface area contributed by atoms with Crippen molar-refractivity contribution >= 4 is 28.4 Å². The van der Waals surface area contributed by atoms with E-state index in [0.717, 1.165) is 11.3 Å². The molecule has 2 aromatic heterocycles. The van der Waals surface area contributed by atoms with E-state index in [-0.39, 0.29) is 5.82 Å². The molecule has 2 heterocycles. The number of hydrogen-bond donors (Lipinski definition) is 2. The number of nitrogens with zero attached hydrogens (tertiary/aromatic N) is 4. The van der Waals surface area contributed by atoms with Gasteiger partial charge >= 0.3 is 0 Å². The second-order valence-corrected chi connectivity index (χ2v) is 5.65. The number of hydrogen-bond acceptors (Lipinski definition) is 5. The van der Waals surface area contributed by atoms with Crippen molar-refractivity contribution in [3.8, 4) is 0 Å². The third-order valence-corrected chi connectivity index (χ3v) is 3.79. The Kier molecular flexibility index (Phi) is 3.74. The van der Waals surface area contributed by atoms with Gasteiger partial charge in [0.25, 0.3) is 0 Å². The van der Waals surface area contributed by atoms with Crippen molar-refractivity contribution in [2.24, 2.45) is 0 Å². The molecular formula is C18H15FN6. The van der Waals surface area contributed by atoms with Gasteiger partial charge in [-0.2, -0.15) is 0 Å². The molecule has 0 radical (unpaired) electrons. The van der Waals surface area contributed by atoms with Crippen LogP contribution in [0.5, 0.6) is 0 Å².